The molecule has 3 aliphatic heterocycles. The van der Waals surface area contributed by atoms with Crippen molar-refractivity contribution >= 4 is 36.0 Å². The average molecular weight is 1240 g/mol. The number of ketones is 1. The standard InChI is InChI=1S/C12H13F2NO5.C12H11F2NO4.C12H13F2NO3.C9H9F2NO3.C9H9F2NO.H2O/c1-2-19-12(18)15-9(11(16)17)6-20-10-4-3-7(13)5-8(10)14;1-2-18-12(17)15-9-5-19-11-7(10(9)16)3-6(13)4-8(11)14;1-2-17-12(16)15-9-4-7-3-8(13)5-10(14)11(7)18-6-9;10-5-1-2-8(6(11)3-5)15-4-7(12)9(13)14;10-6-1-5-2-7(12)4-13-9(5)8(11)3-6;/h3-5,9H,2,6H2,1H3,(H,15,18)(H,16,17);3-4,9H,2,5H2,1H3,(H,15,17);3,5,9H,2,4,6H2,1H3,(H,15,16);1-3,7H,4,12H2,(H,13,14);1,3,7H,2,4,12H2;1H2/t3*9-;2*7-;/m00101./s1. The second-order valence-corrected chi connectivity index (χ2v) is 17.4. The number of carboxylic acids is 2. The number of carbonyl (C=O) groups excluding carboxylic acids is 4. The second-order valence-electron chi connectivity index (χ2n) is 17.4. The van der Waals surface area contributed by atoms with Crippen LogP contribution in [0.5, 0.6) is 28.7 Å². The summed E-state index contributed by atoms with van der Waals surface area (Å²) in [5.41, 5.74) is 11.4. The van der Waals surface area contributed by atoms with Gasteiger partial charge in [-0.25, -0.2) is 63.1 Å². The van der Waals surface area contributed by atoms with Gasteiger partial charge < -0.3 is 81.0 Å². The highest BCUT2D eigenvalue weighted by Gasteiger charge is 2.33. The van der Waals surface area contributed by atoms with E-state index in [1.165, 1.54) is 12.1 Å². The number of fused-ring (bicyclic) bond motifs is 3. The highest BCUT2D eigenvalue weighted by Crippen LogP contribution is 2.31. The molecule has 3 amide bonds. The van der Waals surface area contributed by atoms with Gasteiger partial charge in [-0.2, -0.15) is 0 Å². The van der Waals surface area contributed by atoms with Crippen molar-refractivity contribution < 1.29 is 126 Å². The van der Waals surface area contributed by atoms with E-state index in [9.17, 15) is 72.7 Å². The van der Waals surface area contributed by atoms with E-state index in [-0.39, 0.29) is 98.1 Å². The first-order valence-corrected chi connectivity index (χ1v) is 25.0. The predicted molar refractivity (Wildman–Crippen MR) is 278 cm³/mol. The number of nitrogens with one attached hydrogen (secondary N) is 3. The zero-order valence-electron chi connectivity index (χ0n) is 45.4. The minimum Gasteiger partial charge on any atom is -0.489 e. The molecule has 22 nitrogen and oxygen atoms in total. The highest BCUT2D eigenvalue weighted by molar-refractivity contribution is 6.04. The van der Waals surface area contributed by atoms with Crippen LogP contribution >= 0.6 is 0 Å². The molecule has 470 valence electrons. The first-order valence-electron chi connectivity index (χ1n) is 25.0. The number of Topliss-reactive ketones (excluding diaryl/α,β-unsaturated/α-hetero) is 1. The topological polar surface area (TPSA) is 336 Å². The second kappa shape index (κ2) is 34.5. The molecule has 32 heteroatoms. The molecule has 0 unspecified atom stereocenters. The molecule has 86 heavy (non-hydrogen) atoms. The number of carboxylic acid groups (broad SMARTS) is 2. The maximum absolute atomic E-state index is 13.4. The van der Waals surface area contributed by atoms with Gasteiger partial charge in [0.05, 0.1) is 31.4 Å². The van der Waals surface area contributed by atoms with Crippen LogP contribution in [0.15, 0.2) is 72.8 Å². The van der Waals surface area contributed by atoms with Gasteiger partial charge in [0.2, 0.25) is 0 Å². The molecular formula is C54H57F10N5O17. The number of nitrogens with two attached hydrogens (primary N) is 2. The predicted octanol–water partition coefficient (Wildman–Crippen LogP) is 6.37. The van der Waals surface area contributed by atoms with E-state index in [1.807, 2.05) is 5.32 Å². The SMILES string of the molecule is CCOC(=O)N[C@@H](COc1ccc(F)cc1F)C(=O)O.CCOC(=O)N[C@H]1COc2c(F)cc(F)cc2C1.CCOC(=O)N[C@H]1COc2c(F)cc(F)cc2C1=O.N[C@@H](COc1ccc(F)cc1F)C(=O)O.N[C@H]1COc2c(F)cc(F)cc2C1.O. The van der Waals surface area contributed by atoms with Gasteiger partial charge in [-0.1, -0.05) is 0 Å². The van der Waals surface area contributed by atoms with Gasteiger partial charge in [-0.15, -0.1) is 0 Å². The third kappa shape index (κ3) is 22.4. The summed E-state index contributed by atoms with van der Waals surface area (Å²) in [6, 6.07) is 6.66. The number of alkyl carbamates (subject to hydrolysis) is 3. The molecule has 3 heterocycles. The summed E-state index contributed by atoms with van der Waals surface area (Å²) in [5.74, 6) is -11.7. The summed E-state index contributed by atoms with van der Waals surface area (Å²) in [5, 5.41) is 24.2. The van der Waals surface area contributed by atoms with Crippen LogP contribution in [0.1, 0.15) is 42.3 Å². The minimum absolute atomic E-state index is 0. The smallest absolute Gasteiger partial charge is 0.407 e. The number of hydrogen-bond donors (Lipinski definition) is 7. The Bertz CT molecular complexity index is 3150. The summed E-state index contributed by atoms with van der Waals surface area (Å²) in [4.78, 5) is 66.7. The monoisotopic (exact) mass is 1240 g/mol. The number of amides is 3. The van der Waals surface area contributed by atoms with Crippen molar-refractivity contribution in [1.29, 1.82) is 0 Å². The van der Waals surface area contributed by atoms with Crippen LogP contribution in [-0.4, -0.2) is 135 Å². The number of ether oxygens (including phenoxy) is 8. The molecular weight excluding hydrogens is 1180 g/mol. The first-order chi connectivity index (χ1) is 40.2. The van der Waals surface area contributed by atoms with Crippen LogP contribution < -0.4 is 51.1 Å². The lowest BCUT2D eigenvalue weighted by atomic mass is 10.0. The molecule has 0 aromatic heterocycles. The van der Waals surface area contributed by atoms with Crippen molar-refractivity contribution in [2.24, 2.45) is 11.5 Å². The average Bonchev–Trinajstić information content (AvgIpc) is 1.93. The molecule has 0 fully saturated rings. The number of aliphatic carboxylic acids is 2. The van der Waals surface area contributed by atoms with Gasteiger partial charge in [0.15, 0.2) is 69.7 Å². The van der Waals surface area contributed by atoms with E-state index >= 15 is 0 Å². The summed E-state index contributed by atoms with van der Waals surface area (Å²) in [6.07, 6.45) is -1.51. The van der Waals surface area contributed by atoms with Crippen LogP contribution in [0.4, 0.5) is 58.3 Å². The third-order valence-corrected chi connectivity index (χ3v) is 10.9. The van der Waals surface area contributed by atoms with Crippen LogP contribution in [0, 0.1) is 58.2 Å². The van der Waals surface area contributed by atoms with Gasteiger partial charge in [-0.05, 0) is 76.1 Å². The Balaban J connectivity index is 0.000000282. The summed E-state index contributed by atoms with van der Waals surface area (Å²) >= 11 is 0. The van der Waals surface area contributed by atoms with Crippen molar-refractivity contribution in [3.8, 4) is 28.7 Å². The first kappa shape index (κ1) is 71.0. The number of hydrogen-bond acceptors (Lipinski definition) is 16. The van der Waals surface area contributed by atoms with Crippen molar-refractivity contribution in [3.63, 3.8) is 0 Å². The lowest BCUT2D eigenvalue weighted by molar-refractivity contribution is -0.140. The fraction of sp³-hybridized carbons (Fsp3) is 0.333. The minimum atomic E-state index is -1.42. The maximum atomic E-state index is 13.4. The lowest BCUT2D eigenvalue weighted by Crippen LogP contribution is -2.47. The van der Waals surface area contributed by atoms with Gasteiger partial charge in [0.1, 0.15) is 74.2 Å². The zero-order valence-corrected chi connectivity index (χ0v) is 45.4. The molecule has 0 bridgehead atoms. The van der Waals surface area contributed by atoms with E-state index in [0.717, 1.165) is 42.5 Å². The summed E-state index contributed by atoms with van der Waals surface area (Å²) in [6.45, 7) is 4.62. The molecule has 5 aromatic carbocycles. The molecule has 5 aromatic rings. The molecule has 11 N–H and O–H groups in total. The molecule has 3 aliphatic rings. The summed E-state index contributed by atoms with van der Waals surface area (Å²) < 4.78 is 169. The van der Waals surface area contributed by atoms with E-state index in [4.69, 9.17) is 50.1 Å². The zero-order chi connectivity index (χ0) is 63.1. The van der Waals surface area contributed by atoms with Crippen LogP contribution in [0.3, 0.4) is 0 Å². The number of benzene rings is 5. The van der Waals surface area contributed by atoms with Crippen LogP contribution in [0.25, 0.3) is 0 Å². The number of rotatable bonds is 14. The van der Waals surface area contributed by atoms with E-state index in [0.29, 0.717) is 42.2 Å². The van der Waals surface area contributed by atoms with Crippen molar-refractivity contribution in [2.45, 2.75) is 63.8 Å². The Labute approximate surface area is 481 Å². The summed E-state index contributed by atoms with van der Waals surface area (Å²) in [7, 11) is 0. The maximum Gasteiger partial charge on any atom is 0.407 e. The quantitative estimate of drug-likeness (QED) is 0.0469. The van der Waals surface area contributed by atoms with E-state index in [1.54, 1.807) is 20.8 Å². The Morgan fingerprint density at radius 1 is 0.558 bits per heavy atom. The molecule has 0 saturated heterocycles. The fourth-order valence-electron chi connectivity index (χ4n) is 7.17. The Hall–Kier alpha value is -9.30. The van der Waals surface area contributed by atoms with E-state index < -0.39 is 119 Å². The molecule has 0 saturated carbocycles. The number of carbonyl (C=O) groups is 6. The van der Waals surface area contributed by atoms with Crippen molar-refractivity contribution in [1.82, 2.24) is 16.0 Å². The molecule has 8 rings (SSSR count). The van der Waals surface area contributed by atoms with Gasteiger partial charge in [0.25, 0.3) is 0 Å². The van der Waals surface area contributed by atoms with Crippen molar-refractivity contribution in [2.75, 3.05) is 52.9 Å². The Morgan fingerprint density at radius 3 is 1.50 bits per heavy atom. The molecule has 0 aliphatic carbocycles. The largest absolute Gasteiger partial charge is 0.489 e. The van der Waals surface area contributed by atoms with Crippen LogP contribution in [0.2, 0.25) is 0 Å². The third-order valence-electron chi connectivity index (χ3n) is 10.9. The Morgan fingerprint density at radius 2 is 1.00 bits per heavy atom. The molecule has 0 spiro atoms. The van der Waals surface area contributed by atoms with Gasteiger partial charge >= 0.3 is 30.2 Å². The fourth-order valence-corrected chi connectivity index (χ4v) is 7.17. The van der Waals surface area contributed by atoms with Crippen LogP contribution in [-0.2, 0) is 36.6 Å². The highest BCUT2D eigenvalue weighted by atomic mass is 19.2. The van der Waals surface area contributed by atoms with Gasteiger partial charge in [0, 0.05) is 47.5 Å². The molecule has 0 radical (unpaired) electrons. The van der Waals surface area contributed by atoms with E-state index in [2.05, 4.69) is 20.1 Å². The van der Waals surface area contributed by atoms with Gasteiger partial charge in [-0.3, -0.25) is 9.59 Å². The van der Waals surface area contributed by atoms with Crippen molar-refractivity contribution in [3.05, 3.63) is 148 Å². The normalized spacial score (nSPS) is 15.5. The molecule has 5 atom stereocenters. The Kier molecular flexibility index (Phi) is 28.4. The lowest BCUT2D eigenvalue weighted by Gasteiger charge is -2.26. The number of halogens is 10.